The molecule has 0 radical (unpaired) electrons. The topological polar surface area (TPSA) is 38.0 Å². The summed E-state index contributed by atoms with van der Waals surface area (Å²) >= 11 is 5.14. The van der Waals surface area contributed by atoms with E-state index in [-0.39, 0.29) is 0 Å². The molecule has 1 aliphatic carbocycles. The van der Waals surface area contributed by atoms with Crippen molar-refractivity contribution in [1.82, 2.24) is 0 Å². The van der Waals surface area contributed by atoms with E-state index in [1.807, 2.05) is 12.1 Å². The average Bonchev–Trinajstić information content (AvgIpc) is 3.03. The molecule has 0 saturated heterocycles. The summed E-state index contributed by atoms with van der Waals surface area (Å²) in [5, 5.41) is 5.90. The van der Waals surface area contributed by atoms with Gasteiger partial charge in [-0.05, 0) is 35.3 Å². The van der Waals surface area contributed by atoms with Crippen LogP contribution in [-0.4, -0.2) is 11.5 Å². The first kappa shape index (κ1) is 13.4. The molecular formula is C17H20N2S. The van der Waals surface area contributed by atoms with Crippen LogP contribution in [0.25, 0.3) is 10.8 Å². The lowest BCUT2D eigenvalue weighted by molar-refractivity contribution is 0.573. The first-order valence-corrected chi connectivity index (χ1v) is 7.45. The number of thiocarbonyl (C=S) groups is 1. The van der Waals surface area contributed by atoms with Crippen LogP contribution in [0.5, 0.6) is 0 Å². The standard InChI is InChI=1S/C17H20N2S/c1-17(2)9-11(17)10-19-15-8-7-14(16(18)20)12-5-3-4-6-13(12)15/h3-8,11,19H,9-10H2,1-2H3,(H2,18,20). The number of fused-ring (bicyclic) bond motifs is 1. The van der Waals surface area contributed by atoms with Crippen molar-refractivity contribution in [2.75, 3.05) is 11.9 Å². The molecule has 3 rings (SSSR count). The van der Waals surface area contributed by atoms with E-state index in [9.17, 15) is 0 Å². The van der Waals surface area contributed by atoms with Crippen molar-refractivity contribution >= 4 is 33.7 Å². The van der Waals surface area contributed by atoms with Gasteiger partial charge in [0.2, 0.25) is 0 Å². The van der Waals surface area contributed by atoms with Crippen molar-refractivity contribution in [3.8, 4) is 0 Å². The van der Waals surface area contributed by atoms with E-state index in [1.54, 1.807) is 0 Å². The van der Waals surface area contributed by atoms with Crippen LogP contribution >= 0.6 is 12.2 Å². The largest absolute Gasteiger partial charge is 0.389 e. The lowest BCUT2D eigenvalue weighted by atomic mass is 10.0. The lowest BCUT2D eigenvalue weighted by Gasteiger charge is -2.13. The van der Waals surface area contributed by atoms with E-state index in [0.717, 1.165) is 23.4 Å². The molecule has 0 spiro atoms. The van der Waals surface area contributed by atoms with Crippen LogP contribution in [0.1, 0.15) is 25.8 Å². The van der Waals surface area contributed by atoms with E-state index in [0.29, 0.717) is 10.4 Å². The van der Waals surface area contributed by atoms with Crippen molar-refractivity contribution in [3.63, 3.8) is 0 Å². The zero-order chi connectivity index (χ0) is 14.3. The fraction of sp³-hybridized carbons (Fsp3) is 0.353. The van der Waals surface area contributed by atoms with Gasteiger partial charge in [-0.15, -0.1) is 0 Å². The van der Waals surface area contributed by atoms with Gasteiger partial charge < -0.3 is 11.1 Å². The van der Waals surface area contributed by atoms with Gasteiger partial charge in [-0.3, -0.25) is 0 Å². The highest BCUT2D eigenvalue weighted by atomic mass is 32.1. The third-order valence-corrected chi connectivity index (χ3v) is 4.67. The molecule has 1 unspecified atom stereocenters. The van der Waals surface area contributed by atoms with Crippen LogP contribution in [0.4, 0.5) is 5.69 Å². The number of hydrogen-bond donors (Lipinski definition) is 2. The molecule has 2 aromatic rings. The van der Waals surface area contributed by atoms with Crippen LogP contribution in [0.3, 0.4) is 0 Å². The fourth-order valence-electron chi connectivity index (χ4n) is 2.83. The SMILES string of the molecule is CC1(C)CC1CNc1ccc(C(N)=S)c2ccccc12. The maximum Gasteiger partial charge on any atom is 0.104 e. The van der Waals surface area contributed by atoms with Crippen molar-refractivity contribution in [1.29, 1.82) is 0 Å². The van der Waals surface area contributed by atoms with Gasteiger partial charge >= 0.3 is 0 Å². The van der Waals surface area contributed by atoms with E-state index < -0.39 is 0 Å². The molecule has 0 amide bonds. The normalized spacial score (nSPS) is 19.8. The zero-order valence-electron chi connectivity index (χ0n) is 11.9. The molecule has 0 heterocycles. The zero-order valence-corrected chi connectivity index (χ0v) is 12.8. The molecule has 3 N–H and O–H groups in total. The number of nitrogens with two attached hydrogens (primary N) is 1. The van der Waals surface area contributed by atoms with Crippen molar-refractivity contribution in [3.05, 3.63) is 42.0 Å². The molecule has 3 heteroatoms. The third kappa shape index (κ3) is 2.38. The highest BCUT2D eigenvalue weighted by Crippen LogP contribution is 2.51. The van der Waals surface area contributed by atoms with Crippen LogP contribution in [0.15, 0.2) is 36.4 Å². The Balaban J connectivity index is 1.92. The molecule has 1 saturated carbocycles. The highest BCUT2D eigenvalue weighted by molar-refractivity contribution is 7.80. The first-order valence-electron chi connectivity index (χ1n) is 7.04. The molecule has 1 aliphatic rings. The van der Waals surface area contributed by atoms with Gasteiger partial charge in [0.15, 0.2) is 0 Å². The predicted molar refractivity (Wildman–Crippen MR) is 90.2 cm³/mol. The molecule has 104 valence electrons. The monoisotopic (exact) mass is 284 g/mol. The lowest BCUT2D eigenvalue weighted by Crippen LogP contribution is -2.11. The molecule has 1 fully saturated rings. The molecule has 1 atom stereocenters. The first-order chi connectivity index (χ1) is 9.49. The highest BCUT2D eigenvalue weighted by Gasteiger charge is 2.44. The number of nitrogens with one attached hydrogen (secondary N) is 1. The van der Waals surface area contributed by atoms with Crippen LogP contribution in [0, 0.1) is 11.3 Å². The van der Waals surface area contributed by atoms with Crippen molar-refractivity contribution < 1.29 is 0 Å². The minimum absolute atomic E-state index is 0.455. The predicted octanol–water partition coefficient (Wildman–Crippen LogP) is 3.93. The minimum atomic E-state index is 0.455. The number of benzene rings is 2. The number of rotatable bonds is 4. The van der Waals surface area contributed by atoms with Gasteiger partial charge in [0.25, 0.3) is 0 Å². The van der Waals surface area contributed by atoms with Crippen LogP contribution in [-0.2, 0) is 0 Å². The van der Waals surface area contributed by atoms with E-state index in [2.05, 4.69) is 43.4 Å². The molecule has 2 nitrogen and oxygen atoms in total. The summed E-state index contributed by atoms with van der Waals surface area (Å²) in [6.45, 7) is 5.68. The summed E-state index contributed by atoms with van der Waals surface area (Å²) in [6.07, 6.45) is 1.31. The van der Waals surface area contributed by atoms with Gasteiger partial charge in [0.1, 0.15) is 4.99 Å². The Morgan fingerprint density at radius 2 is 1.90 bits per heavy atom. The van der Waals surface area contributed by atoms with Gasteiger partial charge in [-0.25, -0.2) is 0 Å². The maximum absolute atomic E-state index is 5.81. The van der Waals surface area contributed by atoms with Gasteiger partial charge in [0.05, 0.1) is 0 Å². The number of hydrogen-bond acceptors (Lipinski definition) is 2. The second-order valence-electron chi connectivity index (χ2n) is 6.34. The Kier molecular flexibility index (Phi) is 3.17. The fourth-order valence-corrected chi connectivity index (χ4v) is 3.00. The Morgan fingerprint density at radius 3 is 2.50 bits per heavy atom. The van der Waals surface area contributed by atoms with Gasteiger partial charge in [0, 0.05) is 23.2 Å². The third-order valence-electron chi connectivity index (χ3n) is 4.45. The Morgan fingerprint density at radius 1 is 1.25 bits per heavy atom. The maximum atomic E-state index is 5.81. The molecule has 0 aliphatic heterocycles. The van der Waals surface area contributed by atoms with Crippen molar-refractivity contribution in [2.24, 2.45) is 17.1 Å². The summed E-state index contributed by atoms with van der Waals surface area (Å²) in [7, 11) is 0. The van der Waals surface area contributed by atoms with Gasteiger partial charge in [-0.1, -0.05) is 50.3 Å². The molecular weight excluding hydrogens is 264 g/mol. The average molecular weight is 284 g/mol. The number of anilines is 1. The molecule has 0 bridgehead atoms. The Bertz CT molecular complexity index is 676. The second-order valence-corrected chi connectivity index (χ2v) is 6.78. The summed E-state index contributed by atoms with van der Waals surface area (Å²) in [6, 6.07) is 12.4. The smallest absolute Gasteiger partial charge is 0.104 e. The van der Waals surface area contributed by atoms with Crippen LogP contribution < -0.4 is 11.1 Å². The van der Waals surface area contributed by atoms with Crippen molar-refractivity contribution in [2.45, 2.75) is 20.3 Å². The van der Waals surface area contributed by atoms with E-state index in [4.69, 9.17) is 18.0 Å². The van der Waals surface area contributed by atoms with Gasteiger partial charge in [-0.2, -0.15) is 0 Å². The quantitative estimate of drug-likeness (QED) is 0.835. The summed E-state index contributed by atoms with van der Waals surface area (Å²) in [4.78, 5) is 0.455. The Labute approximate surface area is 125 Å². The summed E-state index contributed by atoms with van der Waals surface area (Å²) in [5.74, 6) is 0.775. The second kappa shape index (κ2) is 4.74. The molecule has 20 heavy (non-hydrogen) atoms. The molecule has 2 aromatic carbocycles. The van der Waals surface area contributed by atoms with Crippen LogP contribution in [0.2, 0.25) is 0 Å². The minimum Gasteiger partial charge on any atom is -0.389 e. The summed E-state index contributed by atoms with van der Waals surface area (Å²) < 4.78 is 0. The van der Waals surface area contributed by atoms with E-state index >= 15 is 0 Å². The summed E-state index contributed by atoms with van der Waals surface area (Å²) in [5.41, 5.74) is 8.43. The van der Waals surface area contributed by atoms with E-state index in [1.165, 1.54) is 17.5 Å². The Hall–Kier alpha value is -1.61. The molecule has 0 aromatic heterocycles.